The van der Waals surface area contributed by atoms with Crippen molar-refractivity contribution in [2.75, 3.05) is 13.1 Å². The molecule has 0 heterocycles. The van der Waals surface area contributed by atoms with Gasteiger partial charge in [0.2, 0.25) is 17.7 Å². The molecule has 0 aliphatic heterocycles. The molecular weight excluding hydrogens is 472 g/mol. The maximum atomic E-state index is 12.9. The van der Waals surface area contributed by atoms with E-state index in [-0.39, 0.29) is 30.8 Å². The van der Waals surface area contributed by atoms with E-state index in [2.05, 4.69) is 25.9 Å². The Morgan fingerprint density at radius 1 is 0.806 bits per heavy atom. The minimum Gasteiger partial charge on any atom is -0.480 e. The molecule has 0 aliphatic carbocycles. The monoisotopic (exact) mass is 514 g/mol. The summed E-state index contributed by atoms with van der Waals surface area (Å²) in [6, 6.07) is -4.11. The van der Waals surface area contributed by atoms with Crippen molar-refractivity contribution in [2.24, 2.45) is 44.6 Å². The van der Waals surface area contributed by atoms with Gasteiger partial charge >= 0.3 is 5.97 Å². The van der Waals surface area contributed by atoms with Crippen molar-refractivity contribution < 1.29 is 24.3 Å². The molecule has 15 nitrogen and oxygen atoms in total. The van der Waals surface area contributed by atoms with Crippen LogP contribution in [0.15, 0.2) is 9.98 Å². The summed E-state index contributed by atoms with van der Waals surface area (Å²) in [5.74, 6) is -3.57. The average Bonchev–Trinajstić information content (AvgIpc) is 2.80. The third-order valence-electron chi connectivity index (χ3n) is 5.41. The van der Waals surface area contributed by atoms with E-state index in [1.807, 2.05) is 0 Å². The van der Waals surface area contributed by atoms with E-state index in [1.54, 1.807) is 13.8 Å². The number of aliphatic imine (C=N–C) groups is 2. The van der Waals surface area contributed by atoms with E-state index in [9.17, 15) is 24.3 Å². The third-order valence-corrected chi connectivity index (χ3v) is 5.41. The van der Waals surface area contributed by atoms with E-state index in [0.717, 1.165) is 0 Å². The molecule has 5 atom stereocenters. The lowest BCUT2D eigenvalue weighted by atomic mass is 9.98. The van der Waals surface area contributed by atoms with Gasteiger partial charge in [0.15, 0.2) is 11.9 Å². The lowest BCUT2D eigenvalue weighted by Gasteiger charge is -2.25. The predicted molar refractivity (Wildman–Crippen MR) is 136 cm³/mol. The van der Waals surface area contributed by atoms with Gasteiger partial charge in [0.1, 0.15) is 18.1 Å². The summed E-state index contributed by atoms with van der Waals surface area (Å²) in [5, 5.41) is 17.0. The number of amides is 3. The van der Waals surface area contributed by atoms with Gasteiger partial charge in [-0.3, -0.25) is 24.4 Å². The Balaban J connectivity index is 5.19. The van der Waals surface area contributed by atoms with Crippen molar-refractivity contribution in [1.82, 2.24) is 16.0 Å². The summed E-state index contributed by atoms with van der Waals surface area (Å²) in [4.78, 5) is 57.2. The number of hydrogen-bond acceptors (Lipinski definition) is 7. The molecule has 0 bridgehead atoms. The van der Waals surface area contributed by atoms with Crippen LogP contribution in [0, 0.1) is 5.92 Å². The number of aliphatic carboxylic acids is 1. The Labute approximate surface area is 211 Å². The molecule has 5 unspecified atom stereocenters. The fourth-order valence-electron chi connectivity index (χ4n) is 3.04. The minimum absolute atomic E-state index is 0.0611. The van der Waals surface area contributed by atoms with Gasteiger partial charge in [-0.05, 0) is 38.5 Å². The van der Waals surface area contributed by atoms with Crippen molar-refractivity contribution in [2.45, 2.75) is 77.0 Å². The summed E-state index contributed by atoms with van der Waals surface area (Å²) in [5.41, 5.74) is 26.9. The number of nitrogens with zero attached hydrogens (tertiary/aromatic N) is 2. The van der Waals surface area contributed by atoms with E-state index >= 15 is 0 Å². The van der Waals surface area contributed by atoms with Crippen LogP contribution in [0.1, 0.15) is 52.9 Å². The zero-order valence-electron chi connectivity index (χ0n) is 21.2. The molecule has 15 heteroatoms. The zero-order chi connectivity index (χ0) is 27.8. The summed E-state index contributed by atoms with van der Waals surface area (Å²) >= 11 is 0. The summed E-state index contributed by atoms with van der Waals surface area (Å²) in [6.07, 6.45) is 1.74. The quantitative estimate of drug-likeness (QED) is 0.0539. The Bertz CT molecular complexity index is 796. The lowest BCUT2D eigenvalue weighted by molar-refractivity contribution is -0.143. The fraction of sp³-hybridized carbons (Fsp3) is 0.714. The van der Waals surface area contributed by atoms with Gasteiger partial charge in [0.05, 0.1) is 6.04 Å². The van der Waals surface area contributed by atoms with Crippen molar-refractivity contribution in [3.05, 3.63) is 0 Å². The van der Waals surface area contributed by atoms with E-state index < -0.39 is 47.9 Å². The van der Waals surface area contributed by atoms with Crippen LogP contribution in [0.5, 0.6) is 0 Å². The molecule has 36 heavy (non-hydrogen) atoms. The molecule has 0 saturated heterocycles. The Kier molecular flexibility index (Phi) is 15.2. The van der Waals surface area contributed by atoms with Gasteiger partial charge in [-0.25, -0.2) is 4.79 Å². The van der Waals surface area contributed by atoms with Crippen molar-refractivity contribution >= 4 is 35.6 Å². The first kappa shape index (κ1) is 32.4. The zero-order valence-corrected chi connectivity index (χ0v) is 21.2. The van der Waals surface area contributed by atoms with Crippen LogP contribution in [0.25, 0.3) is 0 Å². The van der Waals surface area contributed by atoms with Crippen LogP contribution in [0.2, 0.25) is 0 Å². The molecule has 0 spiro atoms. The topological polar surface area (TPSA) is 279 Å². The Hall–Kier alpha value is -3.62. The van der Waals surface area contributed by atoms with Gasteiger partial charge in [-0.2, -0.15) is 0 Å². The molecule has 0 saturated carbocycles. The molecule has 0 aliphatic rings. The molecule has 0 fully saturated rings. The standard InChI is InChI=1S/C21H42N10O5/c1-4-11(2)15(19(35)36)31-18(34)14(8-6-10-28-21(25)26)30-16(32)12(3)29-17(33)13(22)7-5-9-27-20(23)24/h11-15H,4-10,22H2,1-3H3,(H,29,33)(H,30,32)(H,31,34)(H,35,36)(H4,23,24,27)(H4,25,26,28). The Morgan fingerprint density at radius 2 is 1.33 bits per heavy atom. The van der Waals surface area contributed by atoms with Crippen LogP contribution >= 0.6 is 0 Å². The molecule has 0 aromatic rings. The Morgan fingerprint density at radius 3 is 1.81 bits per heavy atom. The summed E-state index contributed by atoms with van der Waals surface area (Å²) < 4.78 is 0. The van der Waals surface area contributed by atoms with Crippen LogP contribution in [-0.2, 0) is 19.2 Å². The second-order valence-electron chi connectivity index (χ2n) is 8.51. The van der Waals surface area contributed by atoms with Crippen LogP contribution in [0.4, 0.5) is 0 Å². The number of hydrogen-bond donors (Lipinski definition) is 9. The van der Waals surface area contributed by atoms with E-state index in [4.69, 9.17) is 28.7 Å². The SMILES string of the molecule is CCC(C)C(NC(=O)C(CCCN=C(N)N)NC(=O)C(C)NC(=O)C(N)CCCN=C(N)N)C(=O)O. The van der Waals surface area contributed by atoms with Crippen molar-refractivity contribution in [1.29, 1.82) is 0 Å². The molecule has 3 amide bonds. The third kappa shape index (κ3) is 13.3. The van der Waals surface area contributed by atoms with Crippen molar-refractivity contribution in [3.63, 3.8) is 0 Å². The highest BCUT2D eigenvalue weighted by molar-refractivity contribution is 5.93. The largest absolute Gasteiger partial charge is 0.480 e. The van der Waals surface area contributed by atoms with E-state index in [1.165, 1.54) is 6.92 Å². The first-order valence-corrected chi connectivity index (χ1v) is 11.8. The number of rotatable bonds is 17. The highest BCUT2D eigenvalue weighted by Gasteiger charge is 2.30. The molecule has 0 rings (SSSR count). The van der Waals surface area contributed by atoms with Gasteiger partial charge in [0, 0.05) is 13.1 Å². The number of carbonyl (C=O) groups is 4. The predicted octanol–water partition coefficient (Wildman–Crippen LogP) is -2.97. The summed E-state index contributed by atoms with van der Waals surface area (Å²) in [7, 11) is 0. The van der Waals surface area contributed by atoms with Crippen molar-refractivity contribution in [3.8, 4) is 0 Å². The molecule has 0 aromatic carbocycles. The molecule has 14 N–H and O–H groups in total. The van der Waals surface area contributed by atoms with Gasteiger partial charge in [0.25, 0.3) is 0 Å². The number of carboxylic acids is 1. The highest BCUT2D eigenvalue weighted by atomic mass is 16.4. The number of nitrogens with one attached hydrogen (secondary N) is 3. The van der Waals surface area contributed by atoms with Gasteiger partial charge in [-0.1, -0.05) is 20.3 Å². The smallest absolute Gasteiger partial charge is 0.326 e. The number of guanidine groups is 2. The number of carbonyl (C=O) groups excluding carboxylic acids is 3. The molecule has 0 aromatic heterocycles. The van der Waals surface area contributed by atoms with Crippen LogP contribution in [-0.4, -0.2) is 78.0 Å². The number of carboxylic acid groups (broad SMARTS) is 1. The molecule has 0 radical (unpaired) electrons. The van der Waals surface area contributed by atoms with Crippen LogP contribution < -0.4 is 44.6 Å². The summed E-state index contributed by atoms with van der Waals surface area (Å²) in [6.45, 7) is 5.45. The molecular formula is C21H42N10O5. The molecule has 206 valence electrons. The van der Waals surface area contributed by atoms with Gasteiger partial charge in [-0.15, -0.1) is 0 Å². The van der Waals surface area contributed by atoms with Crippen LogP contribution in [0.3, 0.4) is 0 Å². The lowest BCUT2D eigenvalue weighted by Crippen LogP contribution is -2.57. The number of nitrogens with two attached hydrogens (primary N) is 5. The average molecular weight is 515 g/mol. The fourth-order valence-corrected chi connectivity index (χ4v) is 3.04. The first-order valence-electron chi connectivity index (χ1n) is 11.8. The normalized spacial score (nSPS) is 14.8. The van der Waals surface area contributed by atoms with Gasteiger partial charge < -0.3 is 49.7 Å². The van der Waals surface area contributed by atoms with E-state index in [0.29, 0.717) is 32.2 Å². The maximum absolute atomic E-state index is 12.9. The second-order valence-corrected chi connectivity index (χ2v) is 8.51. The maximum Gasteiger partial charge on any atom is 0.326 e. The highest BCUT2D eigenvalue weighted by Crippen LogP contribution is 2.09. The minimum atomic E-state index is -1.18. The second kappa shape index (κ2) is 16.9. The first-order chi connectivity index (χ1) is 16.8.